The molecule has 1 saturated carbocycles. The van der Waals surface area contributed by atoms with Crippen LogP contribution in [0.3, 0.4) is 0 Å². The van der Waals surface area contributed by atoms with E-state index in [1.807, 2.05) is 27.7 Å². The van der Waals surface area contributed by atoms with Crippen LogP contribution in [0.5, 0.6) is 0 Å². The van der Waals surface area contributed by atoms with E-state index in [0.29, 0.717) is 0 Å². The van der Waals surface area contributed by atoms with Crippen LogP contribution in [0.1, 0.15) is 27.7 Å². The van der Waals surface area contributed by atoms with Crippen molar-refractivity contribution in [3.63, 3.8) is 0 Å². The van der Waals surface area contributed by atoms with Gasteiger partial charge in [0.1, 0.15) is 4.33 Å². The van der Waals surface area contributed by atoms with Crippen LogP contribution < -0.4 is 0 Å². The zero-order chi connectivity index (χ0) is 9.08. The van der Waals surface area contributed by atoms with Gasteiger partial charge in [0.15, 0.2) is 0 Å². The molecule has 3 heteroatoms. The lowest BCUT2D eigenvalue weighted by Gasteiger charge is -2.61. The molecule has 0 heterocycles. The van der Waals surface area contributed by atoms with Crippen molar-refractivity contribution in [1.29, 1.82) is 0 Å². The van der Waals surface area contributed by atoms with Crippen LogP contribution in [-0.4, -0.2) is 9.20 Å². The topological polar surface area (TPSA) is 0 Å². The Morgan fingerprint density at radius 2 is 1.27 bits per heavy atom. The molecule has 1 aliphatic rings. The van der Waals surface area contributed by atoms with Gasteiger partial charge in [-0.2, -0.15) is 0 Å². The van der Waals surface area contributed by atoms with Gasteiger partial charge in [0.25, 0.3) is 0 Å². The molecular formula is C8H12Cl2S. The minimum atomic E-state index is -0.711. The zero-order valence-corrected chi connectivity index (χ0v) is 9.49. The lowest BCUT2D eigenvalue weighted by atomic mass is 9.55. The van der Waals surface area contributed by atoms with Crippen LogP contribution in [0.25, 0.3) is 0 Å². The highest BCUT2D eigenvalue weighted by Crippen LogP contribution is 2.65. The smallest absolute Gasteiger partial charge is 0.0997 e. The Kier molecular flexibility index (Phi) is 1.88. The molecule has 0 spiro atoms. The number of halogens is 2. The molecule has 0 N–H and O–H groups in total. The molecule has 0 nitrogen and oxygen atoms in total. The van der Waals surface area contributed by atoms with E-state index in [9.17, 15) is 0 Å². The monoisotopic (exact) mass is 210 g/mol. The first kappa shape index (κ1) is 9.76. The Bertz CT molecular complexity index is 196. The lowest BCUT2D eigenvalue weighted by Crippen LogP contribution is -2.67. The van der Waals surface area contributed by atoms with Gasteiger partial charge < -0.3 is 0 Å². The number of hydrogen-bond acceptors (Lipinski definition) is 1. The Morgan fingerprint density at radius 1 is 1.00 bits per heavy atom. The van der Waals surface area contributed by atoms with Gasteiger partial charge in [-0.1, -0.05) is 63.1 Å². The van der Waals surface area contributed by atoms with Gasteiger partial charge >= 0.3 is 0 Å². The highest BCUT2D eigenvalue weighted by molar-refractivity contribution is 7.80. The molecule has 0 aromatic carbocycles. The Morgan fingerprint density at radius 3 is 1.36 bits per heavy atom. The van der Waals surface area contributed by atoms with Gasteiger partial charge in [0.2, 0.25) is 0 Å². The highest BCUT2D eigenvalue weighted by atomic mass is 35.5. The summed E-state index contributed by atoms with van der Waals surface area (Å²) in [6.45, 7) is 7.95. The molecule has 0 aliphatic heterocycles. The third-order valence-electron chi connectivity index (χ3n) is 2.71. The fraction of sp³-hybridized carbons (Fsp3) is 0.875. The number of rotatable bonds is 0. The van der Waals surface area contributed by atoms with E-state index in [1.54, 1.807) is 0 Å². The zero-order valence-electron chi connectivity index (χ0n) is 7.16. The third kappa shape index (κ3) is 0.853. The summed E-state index contributed by atoms with van der Waals surface area (Å²) in [7, 11) is 0. The third-order valence-corrected chi connectivity index (χ3v) is 5.62. The number of hydrogen-bond donors (Lipinski definition) is 0. The van der Waals surface area contributed by atoms with E-state index >= 15 is 0 Å². The van der Waals surface area contributed by atoms with Crippen molar-refractivity contribution < 1.29 is 0 Å². The second-order valence-electron chi connectivity index (χ2n) is 4.15. The predicted octanol–water partition coefficient (Wildman–Crippen LogP) is 3.60. The molecule has 0 saturated heterocycles. The quantitative estimate of drug-likeness (QED) is 0.435. The minimum absolute atomic E-state index is 0.227. The van der Waals surface area contributed by atoms with Crippen LogP contribution in [0.4, 0.5) is 0 Å². The molecule has 1 fully saturated rings. The average molecular weight is 211 g/mol. The van der Waals surface area contributed by atoms with Crippen molar-refractivity contribution >= 4 is 40.3 Å². The molecule has 0 atom stereocenters. The average Bonchev–Trinajstić information content (AvgIpc) is 1.84. The summed E-state index contributed by atoms with van der Waals surface area (Å²) in [4.78, 5) is 0.968. The standard InChI is InChI=1S/C8H12Cl2S/c1-6(2)5(11)7(3,4)8(6,9)10/h1-4H3. The largest absolute Gasteiger partial charge is 0.137 e. The van der Waals surface area contributed by atoms with Gasteiger partial charge in [-0.15, -0.1) is 0 Å². The number of thiocarbonyl (C=S) groups is 1. The first-order chi connectivity index (χ1) is 4.65. The molecule has 11 heavy (non-hydrogen) atoms. The van der Waals surface area contributed by atoms with Gasteiger partial charge in [0.05, 0.1) is 0 Å². The van der Waals surface area contributed by atoms with Crippen molar-refractivity contribution in [3.05, 3.63) is 0 Å². The maximum absolute atomic E-state index is 6.16. The van der Waals surface area contributed by atoms with E-state index in [2.05, 4.69) is 0 Å². The van der Waals surface area contributed by atoms with E-state index in [-0.39, 0.29) is 10.8 Å². The molecule has 0 amide bonds. The van der Waals surface area contributed by atoms with E-state index in [4.69, 9.17) is 35.4 Å². The second-order valence-corrected chi connectivity index (χ2v) is 5.89. The fourth-order valence-corrected chi connectivity index (χ4v) is 2.69. The first-order valence-electron chi connectivity index (χ1n) is 3.58. The highest BCUT2D eigenvalue weighted by Gasteiger charge is 2.68. The fourth-order valence-electron chi connectivity index (χ4n) is 1.79. The summed E-state index contributed by atoms with van der Waals surface area (Å²) in [5.74, 6) is 0. The molecule has 0 unspecified atom stereocenters. The molecule has 0 aromatic heterocycles. The first-order valence-corrected chi connectivity index (χ1v) is 4.75. The van der Waals surface area contributed by atoms with E-state index < -0.39 is 4.33 Å². The van der Waals surface area contributed by atoms with E-state index in [1.165, 1.54) is 0 Å². The summed E-state index contributed by atoms with van der Waals surface area (Å²) >= 11 is 17.6. The second kappa shape index (κ2) is 2.12. The molecular weight excluding hydrogens is 199 g/mol. The summed E-state index contributed by atoms with van der Waals surface area (Å²) in [6, 6.07) is 0. The summed E-state index contributed by atoms with van der Waals surface area (Å²) < 4.78 is -0.711. The summed E-state index contributed by atoms with van der Waals surface area (Å²) in [5, 5.41) is 0. The molecule has 0 radical (unpaired) electrons. The van der Waals surface area contributed by atoms with Gasteiger partial charge in [-0.05, 0) is 0 Å². The Balaban J connectivity index is 3.08. The minimum Gasteiger partial charge on any atom is -0.0997 e. The van der Waals surface area contributed by atoms with Crippen molar-refractivity contribution in [2.75, 3.05) is 0 Å². The maximum Gasteiger partial charge on any atom is 0.137 e. The summed E-state index contributed by atoms with van der Waals surface area (Å²) in [5.41, 5.74) is -0.454. The lowest BCUT2D eigenvalue weighted by molar-refractivity contribution is 0.214. The SMILES string of the molecule is CC1(C)C(=S)C(C)(C)C1(Cl)Cl. The molecule has 64 valence electrons. The molecule has 1 aliphatic carbocycles. The van der Waals surface area contributed by atoms with Crippen molar-refractivity contribution in [2.24, 2.45) is 10.8 Å². The van der Waals surface area contributed by atoms with Crippen LogP contribution in [0.2, 0.25) is 0 Å². The van der Waals surface area contributed by atoms with Crippen LogP contribution in [0.15, 0.2) is 0 Å². The normalized spacial score (nSPS) is 31.3. The van der Waals surface area contributed by atoms with Gasteiger partial charge in [-0.25, -0.2) is 0 Å². The molecule has 0 bridgehead atoms. The van der Waals surface area contributed by atoms with Crippen LogP contribution in [0, 0.1) is 10.8 Å². The predicted molar refractivity (Wildman–Crippen MR) is 54.6 cm³/mol. The number of alkyl halides is 2. The molecule has 0 aromatic rings. The van der Waals surface area contributed by atoms with Crippen molar-refractivity contribution in [3.8, 4) is 0 Å². The van der Waals surface area contributed by atoms with Gasteiger partial charge in [-0.3, -0.25) is 0 Å². The maximum atomic E-state index is 6.16. The van der Waals surface area contributed by atoms with Crippen LogP contribution >= 0.6 is 35.4 Å². The van der Waals surface area contributed by atoms with Gasteiger partial charge in [0, 0.05) is 15.7 Å². The van der Waals surface area contributed by atoms with Crippen molar-refractivity contribution in [1.82, 2.24) is 0 Å². The van der Waals surface area contributed by atoms with E-state index in [0.717, 1.165) is 4.86 Å². The van der Waals surface area contributed by atoms with Crippen LogP contribution in [-0.2, 0) is 0 Å². The molecule has 1 rings (SSSR count). The Hall–Kier alpha value is 0.670. The Labute approximate surface area is 83.3 Å². The summed E-state index contributed by atoms with van der Waals surface area (Å²) in [6.07, 6.45) is 0. The van der Waals surface area contributed by atoms with Crippen molar-refractivity contribution in [2.45, 2.75) is 32.0 Å².